The van der Waals surface area contributed by atoms with Gasteiger partial charge in [0.15, 0.2) is 5.96 Å². The van der Waals surface area contributed by atoms with E-state index in [2.05, 4.69) is 27.6 Å². The number of nitrogens with zero attached hydrogens (tertiary/aromatic N) is 5. The molecule has 1 saturated carbocycles. The fourth-order valence-electron chi connectivity index (χ4n) is 5.42. The van der Waals surface area contributed by atoms with Crippen LogP contribution in [0.1, 0.15) is 64.1 Å². The molecule has 0 unspecified atom stereocenters. The third-order valence-corrected chi connectivity index (χ3v) is 7.21. The van der Waals surface area contributed by atoms with Crippen LogP contribution in [-0.2, 0) is 24.2 Å². The number of rotatable bonds is 8. The summed E-state index contributed by atoms with van der Waals surface area (Å²) in [5, 5.41) is 11.4. The van der Waals surface area contributed by atoms with Crippen LogP contribution in [0.5, 0.6) is 0 Å². The van der Waals surface area contributed by atoms with Crippen LogP contribution in [0.2, 0.25) is 0 Å². The van der Waals surface area contributed by atoms with E-state index in [1.807, 2.05) is 4.57 Å². The molecule has 0 atom stereocenters. The Morgan fingerprint density at radius 3 is 2.61 bits per heavy atom. The Morgan fingerprint density at radius 2 is 1.88 bits per heavy atom. The Kier molecular flexibility index (Phi) is 10.5. The van der Waals surface area contributed by atoms with Crippen LogP contribution in [-0.4, -0.2) is 76.7 Å². The topological polar surface area (TPSA) is 88.7 Å². The molecular weight excluding hydrogens is 533 g/mol. The monoisotopic (exact) mass is 575 g/mol. The standard InChI is InChI=1S/C23H41N7O2.HI/c1-2-24-21(25-12-8-14-30-22(31)29-13-7-4-9-20(29)27-30)26-19-23(10-5-3-6-11-23)28-15-17-32-18-16-28;/h2-19H2,1H3,(H2,24,25,26);1H. The molecule has 2 fully saturated rings. The van der Waals surface area contributed by atoms with E-state index in [4.69, 9.17) is 9.73 Å². The molecule has 2 aliphatic heterocycles. The molecule has 2 N–H and O–H groups in total. The van der Waals surface area contributed by atoms with Gasteiger partial charge in [-0.05, 0) is 39.0 Å². The summed E-state index contributed by atoms with van der Waals surface area (Å²) >= 11 is 0. The molecule has 3 heterocycles. The molecule has 10 heteroatoms. The van der Waals surface area contributed by atoms with Crippen molar-refractivity contribution in [2.75, 3.05) is 45.9 Å². The van der Waals surface area contributed by atoms with E-state index in [9.17, 15) is 4.79 Å². The summed E-state index contributed by atoms with van der Waals surface area (Å²) in [6.45, 7) is 9.69. The number of hydrogen-bond donors (Lipinski definition) is 2. The molecule has 0 amide bonds. The minimum atomic E-state index is 0. The minimum Gasteiger partial charge on any atom is -0.379 e. The van der Waals surface area contributed by atoms with Gasteiger partial charge in [0, 0.05) is 51.2 Å². The lowest BCUT2D eigenvalue weighted by atomic mass is 9.80. The zero-order valence-corrected chi connectivity index (χ0v) is 22.5. The fourth-order valence-corrected chi connectivity index (χ4v) is 5.42. The molecular formula is C23H42IN7O2. The van der Waals surface area contributed by atoms with E-state index >= 15 is 0 Å². The highest BCUT2D eigenvalue weighted by Crippen LogP contribution is 2.34. The first-order valence-corrected chi connectivity index (χ1v) is 12.7. The molecule has 0 spiro atoms. The fraction of sp³-hybridized carbons (Fsp3) is 0.870. The molecule has 9 nitrogen and oxygen atoms in total. The van der Waals surface area contributed by atoms with Crippen molar-refractivity contribution in [2.45, 2.75) is 83.3 Å². The average Bonchev–Trinajstić information content (AvgIpc) is 3.17. The number of fused-ring (bicyclic) bond motifs is 1. The molecule has 0 bridgehead atoms. The van der Waals surface area contributed by atoms with E-state index in [-0.39, 0.29) is 35.2 Å². The van der Waals surface area contributed by atoms with Crippen molar-refractivity contribution >= 4 is 29.9 Å². The second kappa shape index (κ2) is 13.1. The van der Waals surface area contributed by atoms with Crippen LogP contribution in [0.25, 0.3) is 0 Å². The second-order valence-electron chi connectivity index (χ2n) is 9.39. The number of nitrogens with one attached hydrogen (secondary N) is 2. The predicted molar refractivity (Wildman–Crippen MR) is 142 cm³/mol. The minimum absolute atomic E-state index is 0. The number of aromatic nitrogens is 3. The van der Waals surface area contributed by atoms with Crippen LogP contribution >= 0.6 is 24.0 Å². The molecule has 4 rings (SSSR count). The summed E-state index contributed by atoms with van der Waals surface area (Å²) in [4.78, 5) is 20.2. The molecule has 3 aliphatic rings. The van der Waals surface area contributed by atoms with E-state index in [1.54, 1.807) is 4.68 Å². The average molecular weight is 576 g/mol. The lowest BCUT2D eigenvalue weighted by Gasteiger charge is -2.47. The Labute approximate surface area is 214 Å². The lowest BCUT2D eigenvalue weighted by molar-refractivity contribution is -0.0333. The molecule has 0 aromatic carbocycles. The van der Waals surface area contributed by atoms with Gasteiger partial charge in [0.2, 0.25) is 0 Å². The van der Waals surface area contributed by atoms with Gasteiger partial charge in [-0.25, -0.2) is 9.48 Å². The Morgan fingerprint density at radius 1 is 1.09 bits per heavy atom. The quantitative estimate of drug-likeness (QED) is 0.214. The van der Waals surface area contributed by atoms with Gasteiger partial charge in [0.25, 0.3) is 0 Å². The summed E-state index contributed by atoms with van der Waals surface area (Å²) in [6, 6.07) is 0. The maximum Gasteiger partial charge on any atom is 0.345 e. The highest BCUT2D eigenvalue weighted by atomic mass is 127. The number of ether oxygens (including phenoxy) is 1. The number of morpholine rings is 1. The van der Waals surface area contributed by atoms with E-state index in [0.29, 0.717) is 6.54 Å². The Hall–Kier alpha value is -1.14. The van der Waals surface area contributed by atoms with E-state index in [0.717, 1.165) is 89.9 Å². The summed E-state index contributed by atoms with van der Waals surface area (Å²) in [7, 11) is 0. The number of aryl methyl sites for hydroxylation is 2. The maximum absolute atomic E-state index is 12.5. The molecule has 1 aromatic rings. The lowest BCUT2D eigenvalue weighted by Crippen LogP contribution is -2.56. The first kappa shape index (κ1) is 26.5. The third kappa shape index (κ3) is 6.72. The molecule has 1 aromatic heterocycles. The van der Waals surface area contributed by atoms with Crippen LogP contribution in [0.3, 0.4) is 0 Å². The van der Waals surface area contributed by atoms with Crippen molar-refractivity contribution in [1.82, 2.24) is 29.9 Å². The van der Waals surface area contributed by atoms with Crippen molar-refractivity contribution in [2.24, 2.45) is 4.99 Å². The van der Waals surface area contributed by atoms with Crippen LogP contribution in [0.15, 0.2) is 9.79 Å². The number of hydrogen-bond acceptors (Lipinski definition) is 5. The third-order valence-electron chi connectivity index (χ3n) is 7.21. The summed E-state index contributed by atoms with van der Waals surface area (Å²) < 4.78 is 9.09. The normalized spacial score (nSPS) is 21.2. The van der Waals surface area contributed by atoms with Crippen molar-refractivity contribution in [3.8, 4) is 0 Å². The molecule has 1 saturated heterocycles. The van der Waals surface area contributed by atoms with Crippen LogP contribution in [0, 0.1) is 0 Å². The van der Waals surface area contributed by atoms with Gasteiger partial charge in [-0.3, -0.25) is 14.5 Å². The van der Waals surface area contributed by atoms with Gasteiger partial charge in [0.1, 0.15) is 5.82 Å². The van der Waals surface area contributed by atoms with Gasteiger partial charge in [-0.15, -0.1) is 24.0 Å². The van der Waals surface area contributed by atoms with Gasteiger partial charge < -0.3 is 15.4 Å². The zero-order valence-electron chi connectivity index (χ0n) is 20.2. The molecule has 1 aliphatic carbocycles. The SMILES string of the molecule is CCNC(=NCC1(N2CCOCC2)CCCCC1)NCCCn1nc2n(c1=O)CCCC2.I. The molecule has 33 heavy (non-hydrogen) atoms. The summed E-state index contributed by atoms with van der Waals surface area (Å²) in [5.41, 5.74) is 0.220. The van der Waals surface area contributed by atoms with Crippen molar-refractivity contribution in [1.29, 1.82) is 0 Å². The van der Waals surface area contributed by atoms with Crippen molar-refractivity contribution in [3.63, 3.8) is 0 Å². The highest BCUT2D eigenvalue weighted by molar-refractivity contribution is 14.0. The Bertz CT molecular complexity index is 810. The number of guanidine groups is 1. The zero-order chi connectivity index (χ0) is 22.2. The van der Waals surface area contributed by atoms with Crippen molar-refractivity contribution < 1.29 is 4.74 Å². The van der Waals surface area contributed by atoms with Crippen LogP contribution < -0.4 is 16.3 Å². The van der Waals surface area contributed by atoms with Gasteiger partial charge in [0.05, 0.1) is 19.8 Å². The van der Waals surface area contributed by atoms with Gasteiger partial charge >= 0.3 is 5.69 Å². The van der Waals surface area contributed by atoms with E-state index < -0.39 is 0 Å². The largest absolute Gasteiger partial charge is 0.379 e. The maximum atomic E-state index is 12.5. The summed E-state index contributed by atoms with van der Waals surface area (Å²) in [5.74, 6) is 1.83. The Balaban J connectivity index is 0.00000306. The predicted octanol–water partition coefficient (Wildman–Crippen LogP) is 1.98. The number of aliphatic imine (C=N–C) groups is 1. The first-order valence-electron chi connectivity index (χ1n) is 12.7. The van der Waals surface area contributed by atoms with Crippen molar-refractivity contribution in [3.05, 3.63) is 16.3 Å². The molecule has 188 valence electrons. The smallest absolute Gasteiger partial charge is 0.345 e. The molecule has 0 radical (unpaired) electrons. The first-order chi connectivity index (χ1) is 15.7. The highest BCUT2D eigenvalue weighted by Gasteiger charge is 2.38. The number of halogens is 1. The van der Waals surface area contributed by atoms with Gasteiger partial charge in [-0.2, -0.15) is 5.10 Å². The van der Waals surface area contributed by atoms with E-state index in [1.165, 1.54) is 32.1 Å². The second-order valence-corrected chi connectivity index (χ2v) is 9.39. The summed E-state index contributed by atoms with van der Waals surface area (Å²) in [6.07, 6.45) is 10.3. The van der Waals surface area contributed by atoms with Gasteiger partial charge in [-0.1, -0.05) is 19.3 Å². The van der Waals surface area contributed by atoms with Crippen LogP contribution in [0.4, 0.5) is 0 Å².